The summed E-state index contributed by atoms with van der Waals surface area (Å²) in [6.07, 6.45) is 0. The van der Waals surface area contributed by atoms with Crippen molar-refractivity contribution in [1.29, 1.82) is 0 Å². The Morgan fingerprint density at radius 3 is 1.38 bits per heavy atom. The van der Waals surface area contributed by atoms with Crippen molar-refractivity contribution >= 4 is 161 Å². The van der Waals surface area contributed by atoms with Crippen LogP contribution in [0.25, 0.3) is 0 Å². The van der Waals surface area contributed by atoms with Crippen LogP contribution >= 0.6 is 129 Å². The Kier molecular flexibility index (Phi) is 37.3. The molecule has 0 saturated carbocycles. The summed E-state index contributed by atoms with van der Waals surface area (Å²) in [7, 11) is -1.70. The van der Waals surface area contributed by atoms with E-state index in [0.717, 1.165) is 49.8 Å². The highest BCUT2D eigenvalue weighted by molar-refractivity contribution is 8.28. The summed E-state index contributed by atoms with van der Waals surface area (Å²) in [6.45, 7) is 0. The van der Waals surface area contributed by atoms with Gasteiger partial charge in [-0.2, -0.15) is 47.0 Å². The van der Waals surface area contributed by atoms with Crippen molar-refractivity contribution in [2.45, 2.75) is 0 Å². The molecule has 0 aromatic heterocycles. The minimum absolute atomic E-state index is 0.105. The summed E-state index contributed by atoms with van der Waals surface area (Å²) in [5.74, 6) is 7.98. The molecule has 0 heterocycles. The van der Waals surface area contributed by atoms with Crippen LogP contribution in [0.4, 0.5) is 0 Å². The molecule has 2 unspecified atom stereocenters. The molecule has 0 aromatic rings. The Morgan fingerprint density at radius 2 is 0.897 bits per heavy atom. The minimum Gasteiger partial charge on any atom is -0.386 e. The van der Waals surface area contributed by atoms with Gasteiger partial charge in [0.25, 0.3) is 0 Å². The van der Waals surface area contributed by atoms with Crippen LogP contribution in [0, 0.1) is 0 Å². The van der Waals surface area contributed by atoms with Crippen molar-refractivity contribution in [2.24, 2.45) is 0 Å². The standard InChI is InChI=1S/C20H38O6S13/c21-11-31-13-33-15-36-19(23)9-29-3-1-28-6-8-39(26)18-35-16-37-20(24)10-30-4-2-27-5-7-38(25)17-34-14-32-12-22/h21-22H,1-18H2. The van der Waals surface area contributed by atoms with Crippen molar-refractivity contribution < 1.29 is 28.2 Å². The van der Waals surface area contributed by atoms with Gasteiger partial charge in [-0.15, -0.1) is 58.8 Å². The van der Waals surface area contributed by atoms with Gasteiger partial charge in [0.05, 0.1) is 33.6 Å². The highest BCUT2D eigenvalue weighted by atomic mass is 32.3. The van der Waals surface area contributed by atoms with E-state index in [4.69, 9.17) is 10.2 Å². The molecule has 0 aliphatic heterocycles. The van der Waals surface area contributed by atoms with Crippen molar-refractivity contribution in [3.8, 4) is 0 Å². The van der Waals surface area contributed by atoms with Crippen LogP contribution in [0.15, 0.2) is 0 Å². The zero-order valence-corrected chi connectivity index (χ0v) is 32.2. The smallest absolute Gasteiger partial charge is 0.199 e. The summed E-state index contributed by atoms with van der Waals surface area (Å²) in [6, 6.07) is 0. The molecule has 0 aliphatic rings. The van der Waals surface area contributed by atoms with Gasteiger partial charge in [0.15, 0.2) is 10.2 Å². The summed E-state index contributed by atoms with van der Waals surface area (Å²) in [5, 5.41) is 21.8. The van der Waals surface area contributed by atoms with Crippen molar-refractivity contribution in [3.05, 3.63) is 0 Å². The summed E-state index contributed by atoms with van der Waals surface area (Å²) >= 11 is 17.1. The van der Waals surface area contributed by atoms with Crippen molar-refractivity contribution in [3.63, 3.8) is 0 Å². The van der Waals surface area contributed by atoms with E-state index in [-0.39, 0.29) is 22.1 Å². The molecule has 0 rings (SSSR count). The molecule has 6 nitrogen and oxygen atoms in total. The first kappa shape index (κ1) is 42.4. The Bertz CT molecular complexity index is 647. The highest BCUT2D eigenvalue weighted by Crippen LogP contribution is 2.20. The Labute approximate surface area is 286 Å². The van der Waals surface area contributed by atoms with Crippen LogP contribution in [-0.4, -0.2) is 129 Å². The quantitative estimate of drug-likeness (QED) is 0.0731. The number of aliphatic hydroxyl groups is 2. The van der Waals surface area contributed by atoms with Crippen LogP contribution in [0.1, 0.15) is 0 Å². The maximum Gasteiger partial charge on any atom is 0.199 e. The lowest BCUT2D eigenvalue weighted by Crippen LogP contribution is -2.05. The largest absolute Gasteiger partial charge is 0.386 e. The molecule has 19 heteroatoms. The monoisotopic (exact) mass is 790 g/mol. The number of carbonyl (C=O) groups excluding carboxylic acids is 2. The van der Waals surface area contributed by atoms with Gasteiger partial charge in [-0.25, -0.2) is 0 Å². The number of rotatable bonds is 30. The zero-order chi connectivity index (χ0) is 28.8. The molecule has 0 aromatic carbocycles. The van der Waals surface area contributed by atoms with Gasteiger partial charge < -0.3 is 10.2 Å². The van der Waals surface area contributed by atoms with E-state index >= 15 is 0 Å². The Morgan fingerprint density at radius 1 is 0.487 bits per heavy atom. The predicted octanol–water partition coefficient (Wildman–Crippen LogP) is 5.25. The number of aliphatic hydroxyl groups excluding tert-OH is 2. The van der Waals surface area contributed by atoms with E-state index in [9.17, 15) is 18.0 Å². The Hall–Kier alpha value is 3.41. The van der Waals surface area contributed by atoms with Crippen LogP contribution in [0.2, 0.25) is 0 Å². The van der Waals surface area contributed by atoms with E-state index in [1.807, 2.05) is 0 Å². The van der Waals surface area contributed by atoms with E-state index in [0.29, 0.717) is 38.3 Å². The maximum atomic E-state index is 12.1. The molecule has 39 heavy (non-hydrogen) atoms. The fraction of sp³-hybridized carbons (Fsp3) is 0.900. The van der Waals surface area contributed by atoms with E-state index in [2.05, 4.69) is 0 Å². The van der Waals surface area contributed by atoms with Gasteiger partial charge >= 0.3 is 0 Å². The van der Waals surface area contributed by atoms with Gasteiger partial charge in [0, 0.05) is 88.0 Å². The molecule has 0 spiro atoms. The molecule has 232 valence electrons. The molecule has 2 atom stereocenters. The Balaban J connectivity index is 3.42. The third kappa shape index (κ3) is 34.1. The maximum absolute atomic E-state index is 12.1. The third-order valence-electron chi connectivity index (χ3n) is 3.65. The average Bonchev–Trinajstić information content (AvgIpc) is 2.92. The van der Waals surface area contributed by atoms with E-state index in [1.165, 1.54) is 47.0 Å². The van der Waals surface area contributed by atoms with Gasteiger partial charge in [0.2, 0.25) is 0 Å². The van der Waals surface area contributed by atoms with Crippen LogP contribution < -0.4 is 0 Å². The molecule has 0 bridgehead atoms. The molecular formula is C20H38O6S13. The second kappa shape index (κ2) is 34.3. The van der Waals surface area contributed by atoms with Crippen molar-refractivity contribution in [1.82, 2.24) is 0 Å². The lowest BCUT2D eigenvalue weighted by atomic mass is 10.9. The van der Waals surface area contributed by atoms with Gasteiger partial charge in [-0.05, 0) is 0 Å². The molecular weight excluding hydrogens is 753 g/mol. The second-order valence-electron chi connectivity index (χ2n) is 6.64. The first-order valence-electron chi connectivity index (χ1n) is 11.4. The SMILES string of the molecule is O=C(CSCCSCCS(=O)CSCSC(=O)CSCCSCCS(=O)CSCSCO)SCSCSCO. The normalized spacial score (nSPS) is 13.0. The molecule has 0 fully saturated rings. The summed E-state index contributed by atoms with van der Waals surface area (Å²) in [4.78, 5) is 23.8. The zero-order valence-electron chi connectivity index (χ0n) is 21.6. The molecule has 0 radical (unpaired) electrons. The minimum atomic E-state index is -0.881. The topological polar surface area (TPSA) is 109 Å². The van der Waals surface area contributed by atoms with E-state index < -0.39 is 21.6 Å². The van der Waals surface area contributed by atoms with Gasteiger partial charge in [0.1, 0.15) is 0 Å². The third-order valence-corrected chi connectivity index (χ3v) is 19.9. The lowest BCUT2D eigenvalue weighted by molar-refractivity contribution is -0.109. The number of hydrogen-bond donors (Lipinski definition) is 2. The molecule has 2 N–H and O–H groups in total. The molecule has 0 aliphatic carbocycles. The second-order valence-corrected chi connectivity index (χ2v) is 23.6. The first-order valence-corrected chi connectivity index (χ1v) is 26.8. The number of thioether (sulfide) groups is 11. The van der Waals surface area contributed by atoms with Crippen LogP contribution in [-0.2, 0) is 31.2 Å². The predicted molar refractivity (Wildman–Crippen MR) is 202 cm³/mol. The van der Waals surface area contributed by atoms with E-state index in [1.54, 1.807) is 82.3 Å². The van der Waals surface area contributed by atoms with Gasteiger partial charge in [-0.3, -0.25) is 18.0 Å². The van der Waals surface area contributed by atoms with Gasteiger partial charge in [-0.1, -0.05) is 23.5 Å². The average molecular weight is 791 g/mol. The fourth-order valence-corrected chi connectivity index (χ4v) is 16.8. The molecule has 0 amide bonds. The number of carbonyl (C=O) groups is 2. The summed E-state index contributed by atoms with van der Waals surface area (Å²) in [5.41, 5.74) is 0. The van der Waals surface area contributed by atoms with Crippen LogP contribution in [0.3, 0.4) is 0 Å². The fourth-order valence-electron chi connectivity index (χ4n) is 1.95. The summed E-state index contributed by atoms with van der Waals surface area (Å²) < 4.78 is 24.0. The lowest BCUT2D eigenvalue weighted by Gasteiger charge is -2.04. The first-order chi connectivity index (χ1) is 19.0. The number of hydrogen-bond acceptors (Lipinski definition) is 17. The molecule has 0 saturated heterocycles. The van der Waals surface area contributed by atoms with Crippen LogP contribution in [0.5, 0.6) is 0 Å². The van der Waals surface area contributed by atoms with Crippen molar-refractivity contribution in [2.75, 3.05) is 99.9 Å². The highest BCUT2D eigenvalue weighted by Gasteiger charge is 2.07.